The number of para-hydroxylation sites is 1. The molecule has 108 valence electrons. The van der Waals surface area contributed by atoms with Crippen LogP contribution in [0.5, 0.6) is 5.75 Å². The van der Waals surface area contributed by atoms with Crippen LogP contribution < -0.4 is 15.0 Å². The molecular formula is C16H15ClN2O2. The summed E-state index contributed by atoms with van der Waals surface area (Å²) in [5, 5.41) is 3.48. The summed E-state index contributed by atoms with van der Waals surface area (Å²) in [6, 6.07) is 13.3. The van der Waals surface area contributed by atoms with Gasteiger partial charge in [0.15, 0.2) is 6.73 Å². The minimum absolute atomic E-state index is 0.0883. The number of rotatable bonds is 2. The zero-order valence-corrected chi connectivity index (χ0v) is 12.4. The average molecular weight is 303 g/mol. The van der Waals surface area contributed by atoms with E-state index in [1.807, 2.05) is 42.5 Å². The Balaban J connectivity index is 1.87. The van der Waals surface area contributed by atoms with Crippen LogP contribution in [0.3, 0.4) is 0 Å². The van der Waals surface area contributed by atoms with Crippen molar-refractivity contribution in [2.24, 2.45) is 0 Å². The summed E-state index contributed by atoms with van der Waals surface area (Å²) in [7, 11) is 0. The van der Waals surface area contributed by atoms with E-state index in [-0.39, 0.29) is 5.91 Å². The lowest BCUT2D eigenvalue weighted by atomic mass is 10.1. The molecule has 21 heavy (non-hydrogen) atoms. The molecule has 0 spiro atoms. The van der Waals surface area contributed by atoms with Gasteiger partial charge in [-0.1, -0.05) is 23.7 Å². The fraction of sp³-hybridized carbons (Fsp3) is 0.188. The first-order chi connectivity index (χ1) is 10.1. The van der Waals surface area contributed by atoms with E-state index in [1.165, 1.54) is 6.92 Å². The molecule has 0 aromatic heterocycles. The van der Waals surface area contributed by atoms with Crippen LogP contribution in [0.2, 0.25) is 5.02 Å². The van der Waals surface area contributed by atoms with E-state index < -0.39 is 0 Å². The summed E-state index contributed by atoms with van der Waals surface area (Å²) in [5.41, 5.74) is 2.73. The zero-order chi connectivity index (χ0) is 14.8. The summed E-state index contributed by atoms with van der Waals surface area (Å²) < 4.78 is 5.76. The first-order valence-corrected chi connectivity index (χ1v) is 7.04. The highest BCUT2D eigenvalue weighted by molar-refractivity contribution is 6.33. The number of hydrogen-bond acceptors (Lipinski definition) is 3. The molecule has 0 bridgehead atoms. The van der Waals surface area contributed by atoms with Crippen molar-refractivity contribution in [3.63, 3.8) is 0 Å². The van der Waals surface area contributed by atoms with E-state index in [9.17, 15) is 4.79 Å². The van der Waals surface area contributed by atoms with Crippen LogP contribution in [-0.2, 0) is 11.3 Å². The number of hydrogen-bond donors (Lipinski definition) is 1. The van der Waals surface area contributed by atoms with E-state index in [0.29, 0.717) is 18.3 Å². The standard InChI is InChI=1S/C16H15ClN2O2/c1-11(20)18-13-6-7-16-12(8-13)9-19(10-21-16)15-5-3-2-4-14(15)17/h2-8H,9-10H2,1H3,(H,18,20). The molecule has 1 amide bonds. The molecule has 1 aliphatic rings. The number of halogens is 1. The normalized spacial score (nSPS) is 13.3. The number of fused-ring (bicyclic) bond motifs is 1. The van der Waals surface area contributed by atoms with Gasteiger partial charge in [-0.2, -0.15) is 0 Å². The molecule has 1 aliphatic heterocycles. The highest BCUT2D eigenvalue weighted by Crippen LogP contribution is 2.33. The van der Waals surface area contributed by atoms with Gasteiger partial charge in [0.1, 0.15) is 5.75 Å². The van der Waals surface area contributed by atoms with Crippen LogP contribution >= 0.6 is 11.6 Å². The maximum Gasteiger partial charge on any atom is 0.221 e. The first kappa shape index (κ1) is 13.8. The molecule has 2 aromatic carbocycles. The van der Waals surface area contributed by atoms with Gasteiger partial charge in [0.25, 0.3) is 0 Å². The number of carbonyl (C=O) groups excluding carboxylic acids is 1. The number of benzene rings is 2. The molecule has 1 N–H and O–H groups in total. The quantitative estimate of drug-likeness (QED) is 0.920. The van der Waals surface area contributed by atoms with E-state index in [2.05, 4.69) is 10.2 Å². The molecule has 0 atom stereocenters. The highest BCUT2D eigenvalue weighted by Gasteiger charge is 2.19. The summed E-state index contributed by atoms with van der Waals surface area (Å²) in [4.78, 5) is 13.2. The van der Waals surface area contributed by atoms with E-state index >= 15 is 0 Å². The van der Waals surface area contributed by atoms with Gasteiger partial charge >= 0.3 is 0 Å². The third-order valence-electron chi connectivity index (χ3n) is 3.31. The SMILES string of the molecule is CC(=O)Nc1ccc2c(c1)CN(c1ccccc1Cl)CO2. The van der Waals surface area contributed by atoms with Crippen molar-refractivity contribution in [1.82, 2.24) is 0 Å². The predicted octanol–water partition coefficient (Wildman–Crippen LogP) is 3.65. The summed E-state index contributed by atoms with van der Waals surface area (Å²) in [6.07, 6.45) is 0. The second-order valence-corrected chi connectivity index (χ2v) is 5.33. The molecule has 0 saturated carbocycles. The predicted molar refractivity (Wildman–Crippen MR) is 83.9 cm³/mol. The van der Waals surface area contributed by atoms with Crippen LogP contribution in [0, 0.1) is 0 Å². The van der Waals surface area contributed by atoms with Crippen molar-refractivity contribution >= 4 is 28.9 Å². The Bertz CT molecular complexity index is 688. The van der Waals surface area contributed by atoms with Crippen LogP contribution in [0.1, 0.15) is 12.5 Å². The molecule has 0 unspecified atom stereocenters. The lowest BCUT2D eigenvalue weighted by Crippen LogP contribution is -2.32. The molecule has 2 aromatic rings. The number of ether oxygens (including phenoxy) is 1. The van der Waals surface area contributed by atoms with Crippen LogP contribution in [0.4, 0.5) is 11.4 Å². The van der Waals surface area contributed by atoms with Crippen LogP contribution in [0.15, 0.2) is 42.5 Å². The summed E-state index contributed by atoms with van der Waals surface area (Å²) in [5.74, 6) is 0.752. The molecular weight excluding hydrogens is 288 g/mol. The molecule has 4 nitrogen and oxygen atoms in total. The number of carbonyl (C=O) groups is 1. The number of anilines is 2. The van der Waals surface area contributed by atoms with Crippen molar-refractivity contribution in [3.05, 3.63) is 53.1 Å². The van der Waals surface area contributed by atoms with Crippen molar-refractivity contribution in [2.45, 2.75) is 13.5 Å². The molecule has 0 radical (unpaired) electrons. The van der Waals surface area contributed by atoms with Gasteiger partial charge in [-0.3, -0.25) is 4.79 Å². The van der Waals surface area contributed by atoms with E-state index in [1.54, 1.807) is 0 Å². The van der Waals surface area contributed by atoms with Gasteiger partial charge in [-0.05, 0) is 30.3 Å². The largest absolute Gasteiger partial charge is 0.473 e. The molecule has 0 fully saturated rings. The van der Waals surface area contributed by atoms with Crippen molar-refractivity contribution in [3.8, 4) is 5.75 Å². The van der Waals surface area contributed by atoms with Gasteiger partial charge < -0.3 is 15.0 Å². The van der Waals surface area contributed by atoms with E-state index in [4.69, 9.17) is 16.3 Å². The van der Waals surface area contributed by atoms with Crippen molar-refractivity contribution in [1.29, 1.82) is 0 Å². The molecule has 0 aliphatic carbocycles. The fourth-order valence-electron chi connectivity index (χ4n) is 2.39. The molecule has 3 rings (SSSR count). The average Bonchev–Trinajstić information content (AvgIpc) is 2.46. The molecule has 0 saturated heterocycles. The van der Waals surface area contributed by atoms with E-state index in [0.717, 1.165) is 22.7 Å². The van der Waals surface area contributed by atoms with Crippen LogP contribution in [0.25, 0.3) is 0 Å². The third-order valence-corrected chi connectivity index (χ3v) is 3.63. The molecule has 5 heteroatoms. The Labute approximate surface area is 128 Å². The van der Waals surface area contributed by atoms with Crippen molar-refractivity contribution in [2.75, 3.05) is 16.9 Å². The number of amides is 1. The lowest BCUT2D eigenvalue weighted by Gasteiger charge is -2.31. The minimum Gasteiger partial charge on any atom is -0.473 e. The Morgan fingerprint density at radius 1 is 1.29 bits per heavy atom. The van der Waals surface area contributed by atoms with Gasteiger partial charge in [-0.15, -0.1) is 0 Å². The van der Waals surface area contributed by atoms with Gasteiger partial charge in [0.05, 0.1) is 10.7 Å². The Hall–Kier alpha value is -2.20. The number of nitrogens with one attached hydrogen (secondary N) is 1. The fourth-order valence-corrected chi connectivity index (χ4v) is 2.64. The second kappa shape index (κ2) is 5.66. The lowest BCUT2D eigenvalue weighted by molar-refractivity contribution is -0.114. The Morgan fingerprint density at radius 2 is 2.10 bits per heavy atom. The second-order valence-electron chi connectivity index (χ2n) is 4.93. The summed E-state index contributed by atoms with van der Waals surface area (Å²) >= 11 is 6.23. The first-order valence-electron chi connectivity index (χ1n) is 6.66. The maximum absolute atomic E-state index is 11.1. The third kappa shape index (κ3) is 2.95. The van der Waals surface area contributed by atoms with Crippen molar-refractivity contribution < 1.29 is 9.53 Å². The monoisotopic (exact) mass is 302 g/mol. The number of nitrogens with zero attached hydrogens (tertiary/aromatic N) is 1. The zero-order valence-electron chi connectivity index (χ0n) is 11.6. The van der Waals surface area contributed by atoms with Crippen LogP contribution in [-0.4, -0.2) is 12.6 Å². The van der Waals surface area contributed by atoms with Gasteiger partial charge in [0.2, 0.25) is 5.91 Å². The Morgan fingerprint density at radius 3 is 2.86 bits per heavy atom. The van der Waals surface area contributed by atoms with Gasteiger partial charge in [-0.25, -0.2) is 0 Å². The molecule has 1 heterocycles. The Kier molecular flexibility index (Phi) is 3.71. The summed E-state index contributed by atoms with van der Waals surface area (Å²) in [6.45, 7) is 2.63. The maximum atomic E-state index is 11.1. The minimum atomic E-state index is -0.0883. The smallest absolute Gasteiger partial charge is 0.221 e. The highest BCUT2D eigenvalue weighted by atomic mass is 35.5. The topological polar surface area (TPSA) is 41.6 Å². The van der Waals surface area contributed by atoms with Gasteiger partial charge in [0, 0.05) is 24.7 Å².